The number of rotatable bonds is 4. The summed E-state index contributed by atoms with van der Waals surface area (Å²) in [6, 6.07) is 6.22. The summed E-state index contributed by atoms with van der Waals surface area (Å²) in [6.07, 6.45) is 1.24. The summed E-state index contributed by atoms with van der Waals surface area (Å²) < 4.78 is 31.8. The summed E-state index contributed by atoms with van der Waals surface area (Å²) in [4.78, 5) is 0.263. The standard InChI is InChI=1S/C12H16ClNO3S/c1-2-17-12-4-3-9-14(12)18(15,16)11-7-5-10(13)6-8-11/h5-8,12H,2-4,9H2,1H3. The molecule has 1 atom stereocenters. The fourth-order valence-corrected chi connectivity index (χ4v) is 3.81. The average molecular weight is 290 g/mol. The molecule has 18 heavy (non-hydrogen) atoms. The Bertz CT molecular complexity index is 501. The van der Waals surface area contributed by atoms with Crippen LogP contribution in [0.15, 0.2) is 29.2 Å². The highest BCUT2D eigenvalue weighted by Gasteiger charge is 2.35. The molecule has 0 N–H and O–H groups in total. The Morgan fingerprint density at radius 2 is 2.06 bits per heavy atom. The first-order chi connectivity index (χ1) is 8.55. The molecule has 0 radical (unpaired) electrons. The molecule has 1 saturated heterocycles. The number of hydrogen-bond donors (Lipinski definition) is 0. The number of benzene rings is 1. The van der Waals surface area contributed by atoms with Crippen molar-refractivity contribution in [1.29, 1.82) is 0 Å². The van der Waals surface area contributed by atoms with Crippen LogP contribution in [0.25, 0.3) is 0 Å². The zero-order valence-electron chi connectivity index (χ0n) is 10.2. The maximum Gasteiger partial charge on any atom is 0.245 e. The number of hydrogen-bond acceptors (Lipinski definition) is 3. The van der Waals surface area contributed by atoms with Crippen LogP contribution in [0.5, 0.6) is 0 Å². The van der Waals surface area contributed by atoms with Crippen molar-refractivity contribution in [3.8, 4) is 0 Å². The van der Waals surface area contributed by atoms with Crippen molar-refractivity contribution in [3.05, 3.63) is 29.3 Å². The van der Waals surface area contributed by atoms with E-state index in [4.69, 9.17) is 16.3 Å². The first-order valence-corrected chi connectivity index (χ1v) is 7.76. The molecule has 0 aliphatic carbocycles. The minimum Gasteiger partial charge on any atom is -0.362 e. The van der Waals surface area contributed by atoms with Gasteiger partial charge in [0.15, 0.2) is 0 Å². The Balaban J connectivity index is 2.27. The molecule has 1 aromatic carbocycles. The highest BCUT2D eigenvalue weighted by molar-refractivity contribution is 7.89. The third-order valence-corrected chi connectivity index (χ3v) is 5.09. The van der Waals surface area contributed by atoms with Gasteiger partial charge in [-0.3, -0.25) is 0 Å². The van der Waals surface area contributed by atoms with Gasteiger partial charge in [0.05, 0.1) is 4.90 Å². The topological polar surface area (TPSA) is 46.6 Å². The molecule has 0 amide bonds. The Morgan fingerprint density at radius 1 is 1.39 bits per heavy atom. The van der Waals surface area contributed by atoms with Crippen LogP contribution in [0.2, 0.25) is 5.02 Å². The zero-order valence-corrected chi connectivity index (χ0v) is 11.7. The molecular weight excluding hydrogens is 274 g/mol. The molecule has 0 spiro atoms. The van der Waals surface area contributed by atoms with Gasteiger partial charge in [0.25, 0.3) is 0 Å². The molecule has 1 aliphatic heterocycles. The maximum absolute atomic E-state index is 12.4. The average Bonchev–Trinajstić information content (AvgIpc) is 2.79. The molecule has 1 fully saturated rings. The second-order valence-corrected chi connectivity index (χ2v) is 6.45. The van der Waals surface area contributed by atoms with Crippen molar-refractivity contribution in [3.63, 3.8) is 0 Å². The predicted molar refractivity (Wildman–Crippen MR) is 70.0 cm³/mol. The Kier molecular flexibility index (Phi) is 4.27. The first kappa shape index (κ1) is 13.8. The highest BCUT2D eigenvalue weighted by atomic mass is 35.5. The predicted octanol–water partition coefficient (Wildman–Crippen LogP) is 2.49. The zero-order chi connectivity index (χ0) is 13.2. The van der Waals surface area contributed by atoms with Crippen molar-refractivity contribution in [2.24, 2.45) is 0 Å². The van der Waals surface area contributed by atoms with Crippen LogP contribution in [0.1, 0.15) is 19.8 Å². The quantitative estimate of drug-likeness (QED) is 0.855. The van der Waals surface area contributed by atoms with Crippen LogP contribution in [0.3, 0.4) is 0 Å². The molecule has 100 valence electrons. The summed E-state index contributed by atoms with van der Waals surface area (Å²) in [5, 5.41) is 0.525. The SMILES string of the molecule is CCOC1CCCN1S(=O)(=O)c1ccc(Cl)cc1. The fourth-order valence-electron chi connectivity index (χ4n) is 2.09. The van der Waals surface area contributed by atoms with Crippen molar-refractivity contribution in [2.45, 2.75) is 30.9 Å². The lowest BCUT2D eigenvalue weighted by molar-refractivity contribution is 0.00908. The van der Waals surface area contributed by atoms with E-state index in [9.17, 15) is 8.42 Å². The van der Waals surface area contributed by atoms with Gasteiger partial charge in [0.2, 0.25) is 10.0 Å². The lowest BCUT2D eigenvalue weighted by atomic mass is 10.4. The van der Waals surface area contributed by atoms with Gasteiger partial charge in [-0.2, -0.15) is 4.31 Å². The van der Waals surface area contributed by atoms with Gasteiger partial charge in [-0.25, -0.2) is 8.42 Å². The molecule has 1 aromatic rings. The lowest BCUT2D eigenvalue weighted by Crippen LogP contribution is -2.37. The monoisotopic (exact) mass is 289 g/mol. The molecule has 1 heterocycles. The van der Waals surface area contributed by atoms with E-state index >= 15 is 0 Å². The van der Waals surface area contributed by atoms with Crippen LogP contribution >= 0.6 is 11.6 Å². The second-order valence-electron chi connectivity index (χ2n) is 4.12. The van der Waals surface area contributed by atoms with Crippen LogP contribution in [-0.4, -0.2) is 32.1 Å². The van der Waals surface area contributed by atoms with Gasteiger partial charge in [-0.1, -0.05) is 11.6 Å². The third-order valence-electron chi connectivity index (χ3n) is 2.93. The van der Waals surface area contributed by atoms with E-state index in [1.807, 2.05) is 6.92 Å². The third kappa shape index (κ3) is 2.69. The maximum atomic E-state index is 12.4. The van der Waals surface area contributed by atoms with E-state index in [0.717, 1.165) is 12.8 Å². The van der Waals surface area contributed by atoms with Gasteiger partial charge in [-0.15, -0.1) is 0 Å². The normalized spacial score (nSPS) is 21.3. The minimum absolute atomic E-state index is 0.263. The van der Waals surface area contributed by atoms with Gasteiger partial charge in [-0.05, 0) is 44.0 Å². The van der Waals surface area contributed by atoms with E-state index in [1.165, 1.54) is 16.4 Å². The molecule has 1 unspecified atom stereocenters. The number of ether oxygens (including phenoxy) is 1. The molecule has 6 heteroatoms. The van der Waals surface area contributed by atoms with Crippen LogP contribution in [0, 0.1) is 0 Å². The summed E-state index contributed by atoms with van der Waals surface area (Å²) in [5.74, 6) is 0. The first-order valence-electron chi connectivity index (χ1n) is 5.94. The van der Waals surface area contributed by atoms with Gasteiger partial charge >= 0.3 is 0 Å². The summed E-state index contributed by atoms with van der Waals surface area (Å²) in [5.41, 5.74) is 0. The number of sulfonamides is 1. The Labute approximate surface area is 113 Å². The van der Waals surface area contributed by atoms with Crippen LogP contribution in [0.4, 0.5) is 0 Å². The van der Waals surface area contributed by atoms with E-state index in [1.54, 1.807) is 12.1 Å². The second kappa shape index (κ2) is 5.57. The van der Waals surface area contributed by atoms with E-state index in [0.29, 0.717) is 18.2 Å². The fraction of sp³-hybridized carbons (Fsp3) is 0.500. The molecule has 0 bridgehead atoms. The van der Waals surface area contributed by atoms with Crippen molar-refractivity contribution >= 4 is 21.6 Å². The number of halogens is 1. The number of nitrogens with zero attached hydrogens (tertiary/aromatic N) is 1. The molecule has 0 aromatic heterocycles. The van der Waals surface area contributed by atoms with Gasteiger partial charge < -0.3 is 4.74 Å². The molecular formula is C12H16ClNO3S. The molecule has 0 saturated carbocycles. The highest BCUT2D eigenvalue weighted by Crippen LogP contribution is 2.27. The molecule has 2 rings (SSSR count). The van der Waals surface area contributed by atoms with Crippen molar-refractivity contribution in [1.82, 2.24) is 4.31 Å². The Hall–Kier alpha value is -0.620. The summed E-state index contributed by atoms with van der Waals surface area (Å²) >= 11 is 5.77. The van der Waals surface area contributed by atoms with Crippen LogP contribution in [-0.2, 0) is 14.8 Å². The smallest absolute Gasteiger partial charge is 0.245 e. The lowest BCUT2D eigenvalue weighted by Gasteiger charge is -2.23. The van der Waals surface area contributed by atoms with Crippen LogP contribution < -0.4 is 0 Å². The van der Waals surface area contributed by atoms with E-state index in [2.05, 4.69) is 0 Å². The summed E-state index contributed by atoms with van der Waals surface area (Å²) in [7, 11) is -3.48. The van der Waals surface area contributed by atoms with Gasteiger partial charge in [0.1, 0.15) is 6.23 Å². The van der Waals surface area contributed by atoms with Crippen molar-refractivity contribution in [2.75, 3.05) is 13.2 Å². The van der Waals surface area contributed by atoms with E-state index in [-0.39, 0.29) is 11.1 Å². The minimum atomic E-state index is -3.48. The Morgan fingerprint density at radius 3 is 2.67 bits per heavy atom. The largest absolute Gasteiger partial charge is 0.362 e. The molecule has 1 aliphatic rings. The van der Waals surface area contributed by atoms with E-state index < -0.39 is 10.0 Å². The summed E-state index contributed by atoms with van der Waals surface area (Å²) in [6.45, 7) is 2.89. The molecule has 4 nitrogen and oxygen atoms in total. The van der Waals surface area contributed by atoms with Gasteiger partial charge in [0, 0.05) is 18.2 Å². The van der Waals surface area contributed by atoms with Crippen molar-refractivity contribution < 1.29 is 13.2 Å².